The van der Waals surface area contributed by atoms with Crippen molar-refractivity contribution in [1.29, 1.82) is 0 Å². The topological polar surface area (TPSA) is 43.4 Å². The first-order chi connectivity index (χ1) is 5.13. The average Bonchev–Trinajstić information content (AvgIpc) is 1.98. The van der Waals surface area contributed by atoms with Gasteiger partial charge >= 0.3 is 5.97 Å². The summed E-state index contributed by atoms with van der Waals surface area (Å²) in [6.07, 6.45) is 3.18. The smallest absolute Gasteiger partial charge is 0.320 e. The van der Waals surface area contributed by atoms with E-state index in [1.54, 1.807) is 13.0 Å². The zero-order valence-corrected chi connectivity index (χ0v) is 6.96. The average molecular weight is 156 g/mol. The van der Waals surface area contributed by atoms with E-state index in [2.05, 4.69) is 4.74 Å². The lowest BCUT2D eigenvalue weighted by Gasteiger charge is -2.04. The highest BCUT2D eigenvalue weighted by atomic mass is 16.5. The number of methoxy groups -OCH3 is 1. The van der Waals surface area contributed by atoms with Gasteiger partial charge in [0, 0.05) is 0 Å². The molecular weight excluding hydrogens is 144 g/mol. The largest absolute Gasteiger partial charge is 0.468 e. The van der Waals surface area contributed by atoms with Gasteiger partial charge < -0.3 is 4.74 Å². The fourth-order valence-electron chi connectivity index (χ4n) is 0.699. The molecule has 0 radical (unpaired) electrons. The molecule has 0 aromatic heterocycles. The standard InChI is InChI=1S/C8H12O3/c1-4-5-7(6(2)9)8(10)11-3/h4-5,7H,1-3H3/b5-4+. The van der Waals surface area contributed by atoms with Crippen molar-refractivity contribution in [2.45, 2.75) is 13.8 Å². The highest BCUT2D eigenvalue weighted by Gasteiger charge is 2.19. The van der Waals surface area contributed by atoms with Crippen LogP contribution in [0.5, 0.6) is 0 Å². The van der Waals surface area contributed by atoms with Gasteiger partial charge in [-0.25, -0.2) is 0 Å². The molecule has 0 saturated carbocycles. The molecule has 11 heavy (non-hydrogen) atoms. The van der Waals surface area contributed by atoms with E-state index < -0.39 is 11.9 Å². The summed E-state index contributed by atoms with van der Waals surface area (Å²) in [6, 6.07) is 0. The quantitative estimate of drug-likeness (QED) is 0.347. The molecule has 0 bridgehead atoms. The normalized spacial score (nSPS) is 13.0. The van der Waals surface area contributed by atoms with Crippen LogP contribution in [0.1, 0.15) is 13.8 Å². The van der Waals surface area contributed by atoms with Gasteiger partial charge in [0.2, 0.25) is 0 Å². The molecule has 0 heterocycles. The van der Waals surface area contributed by atoms with E-state index in [4.69, 9.17) is 0 Å². The molecule has 0 fully saturated rings. The van der Waals surface area contributed by atoms with Gasteiger partial charge in [-0.05, 0) is 13.8 Å². The van der Waals surface area contributed by atoms with Crippen LogP contribution in [0.25, 0.3) is 0 Å². The molecule has 0 spiro atoms. The highest BCUT2D eigenvalue weighted by Crippen LogP contribution is 2.02. The predicted molar refractivity (Wildman–Crippen MR) is 41.0 cm³/mol. The van der Waals surface area contributed by atoms with E-state index >= 15 is 0 Å². The first-order valence-corrected chi connectivity index (χ1v) is 3.34. The Labute approximate surface area is 66.0 Å². The summed E-state index contributed by atoms with van der Waals surface area (Å²) in [4.78, 5) is 21.6. The minimum Gasteiger partial charge on any atom is -0.468 e. The maximum Gasteiger partial charge on any atom is 0.320 e. The van der Waals surface area contributed by atoms with Crippen LogP contribution in [-0.2, 0) is 14.3 Å². The zero-order chi connectivity index (χ0) is 8.85. The van der Waals surface area contributed by atoms with E-state index in [9.17, 15) is 9.59 Å². The Morgan fingerprint density at radius 3 is 2.27 bits per heavy atom. The van der Waals surface area contributed by atoms with Crippen LogP contribution in [0.4, 0.5) is 0 Å². The SMILES string of the molecule is C/C=C/C(C(C)=O)C(=O)OC. The molecule has 0 aliphatic carbocycles. The molecule has 3 nitrogen and oxygen atoms in total. The minimum absolute atomic E-state index is 0.199. The molecule has 0 aliphatic rings. The maximum atomic E-state index is 10.8. The van der Waals surface area contributed by atoms with E-state index in [-0.39, 0.29) is 5.78 Å². The van der Waals surface area contributed by atoms with Gasteiger partial charge in [-0.15, -0.1) is 0 Å². The summed E-state index contributed by atoms with van der Waals surface area (Å²) in [5, 5.41) is 0. The van der Waals surface area contributed by atoms with E-state index in [0.29, 0.717) is 0 Å². The number of carbonyl (C=O) groups is 2. The molecule has 0 saturated heterocycles. The number of hydrogen-bond acceptors (Lipinski definition) is 3. The summed E-state index contributed by atoms with van der Waals surface area (Å²) >= 11 is 0. The summed E-state index contributed by atoms with van der Waals surface area (Å²) in [5.41, 5.74) is 0. The maximum absolute atomic E-state index is 10.8. The second kappa shape index (κ2) is 4.66. The fourth-order valence-corrected chi connectivity index (χ4v) is 0.699. The molecule has 1 unspecified atom stereocenters. The Morgan fingerprint density at radius 2 is 2.00 bits per heavy atom. The summed E-state index contributed by atoms with van der Waals surface area (Å²) in [7, 11) is 1.27. The van der Waals surface area contributed by atoms with Gasteiger partial charge in [-0.1, -0.05) is 12.2 Å². The monoisotopic (exact) mass is 156 g/mol. The molecule has 0 aliphatic heterocycles. The van der Waals surface area contributed by atoms with Gasteiger partial charge in [0.05, 0.1) is 7.11 Å². The van der Waals surface area contributed by atoms with Crippen molar-refractivity contribution in [3.63, 3.8) is 0 Å². The number of rotatable bonds is 3. The third-order valence-corrected chi connectivity index (χ3v) is 1.28. The highest BCUT2D eigenvalue weighted by molar-refractivity contribution is 5.99. The Kier molecular flexibility index (Phi) is 4.18. The van der Waals surface area contributed by atoms with Crippen LogP contribution < -0.4 is 0 Å². The molecule has 0 aromatic carbocycles. The van der Waals surface area contributed by atoms with E-state index in [0.717, 1.165) is 0 Å². The van der Waals surface area contributed by atoms with Crippen molar-refractivity contribution in [2.75, 3.05) is 7.11 Å². The van der Waals surface area contributed by atoms with E-state index in [1.807, 2.05) is 0 Å². The van der Waals surface area contributed by atoms with Crippen LogP contribution in [0, 0.1) is 5.92 Å². The van der Waals surface area contributed by atoms with Crippen LogP contribution in [0.3, 0.4) is 0 Å². The van der Waals surface area contributed by atoms with Crippen LogP contribution in [0.2, 0.25) is 0 Å². The number of allylic oxidation sites excluding steroid dienone is 1. The summed E-state index contributed by atoms with van der Waals surface area (Å²) < 4.78 is 4.42. The van der Waals surface area contributed by atoms with Crippen molar-refractivity contribution in [3.05, 3.63) is 12.2 Å². The number of carbonyl (C=O) groups excluding carboxylic acids is 2. The first-order valence-electron chi connectivity index (χ1n) is 3.34. The Balaban J connectivity index is 4.34. The molecule has 0 aromatic rings. The van der Waals surface area contributed by atoms with Crippen molar-refractivity contribution >= 4 is 11.8 Å². The van der Waals surface area contributed by atoms with Crippen molar-refractivity contribution in [3.8, 4) is 0 Å². The predicted octanol–water partition coefficient (Wildman–Crippen LogP) is 0.941. The Bertz CT molecular complexity index is 182. The van der Waals surface area contributed by atoms with Crippen LogP contribution >= 0.6 is 0 Å². The lowest BCUT2D eigenvalue weighted by molar-refractivity contribution is -0.146. The second-order valence-electron chi connectivity index (χ2n) is 2.14. The van der Waals surface area contributed by atoms with Gasteiger partial charge in [-0.3, -0.25) is 9.59 Å². The second-order valence-corrected chi connectivity index (χ2v) is 2.14. The van der Waals surface area contributed by atoms with Gasteiger partial charge in [-0.2, -0.15) is 0 Å². The molecule has 1 atom stereocenters. The fraction of sp³-hybridized carbons (Fsp3) is 0.500. The number of esters is 1. The first kappa shape index (κ1) is 9.88. The molecule has 3 heteroatoms. The molecule has 0 amide bonds. The number of ketones is 1. The van der Waals surface area contributed by atoms with Gasteiger partial charge in [0.25, 0.3) is 0 Å². The third-order valence-electron chi connectivity index (χ3n) is 1.28. The molecular formula is C8H12O3. The Morgan fingerprint density at radius 1 is 1.45 bits per heavy atom. The minimum atomic E-state index is -0.731. The van der Waals surface area contributed by atoms with Crippen molar-refractivity contribution < 1.29 is 14.3 Å². The summed E-state index contributed by atoms with van der Waals surface area (Å²) in [6.45, 7) is 3.11. The lowest BCUT2D eigenvalue weighted by atomic mass is 10.1. The molecule has 0 rings (SSSR count). The zero-order valence-electron chi connectivity index (χ0n) is 6.96. The van der Waals surface area contributed by atoms with Crippen molar-refractivity contribution in [2.24, 2.45) is 5.92 Å². The molecule has 62 valence electrons. The van der Waals surface area contributed by atoms with E-state index in [1.165, 1.54) is 20.1 Å². The van der Waals surface area contributed by atoms with Gasteiger partial charge in [0.15, 0.2) is 0 Å². The van der Waals surface area contributed by atoms with Crippen molar-refractivity contribution in [1.82, 2.24) is 0 Å². The number of Topliss-reactive ketones (excluding diaryl/α,β-unsaturated/α-hetero) is 1. The third kappa shape index (κ3) is 2.98. The van der Waals surface area contributed by atoms with Crippen LogP contribution in [0.15, 0.2) is 12.2 Å². The van der Waals surface area contributed by atoms with Crippen LogP contribution in [-0.4, -0.2) is 18.9 Å². The summed E-state index contributed by atoms with van der Waals surface area (Å²) in [5.74, 6) is -1.43. The van der Waals surface area contributed by atoms with Gasteiger partial charge in [0.1, 0.15) is 11.7 Å². The Hall–Kier alpha value is -1.12. The number of ether oxygens (including phenoxy) is 1. The molecule has 0 N–H and O–H groups in total. The number of hydrogen-bond donors (Lipinski definition) is 0. The lowest BCUT2D eigenvalue weighted by Crippen LogP contribution is -2.20.